The summed E-state index contributed by atoms with van der Waals surface area (Å²) in [7, 11) is 0. The number of aromatic nitrogens is 2. The molecule has 0 spiro atoms. The van der Waals surface area contributed by atoms with Crippen molar-refractivity contribution >= 4 is 11.9 Å². The lowest BCUT2D eigenvalue weighted by atomic mass is 9.99. The fourth-order valence-electron chi connectivity index (χ4n) is 4.11. The molecular formula is C24H22F2N4O3. The molecule has 33 heavy (non-hydrogen) atoms. The van der Waals surface area contributed by atoms with Crippen LogP contribution in [0.25, 0.3) is 11.8 Å². The second-order valence-corrected chi connectivity index (χ2v) is 7.96. The molecule has 3 heterocycles. The number of benzene rings is 2. The maximum atomic E-state index is 13.9. The molecule has 2 aromatic carbocycles. The second kappa shape index (κ2) is 8.42. The Morgan fingerprint density at radius 2 is 1.94 bits per heavy atom. The van der Waals surface area contributed by atoms with Crippen molar-refractivity contribution in [2.75, 3.05) is 19.8 Å². The molecule has 1 saturated heterocycles. The molecule has 1 aromatic heterocycles. The predicted octanol–water partition coefficient (Wildman–Crippen LogP) is 3.36. The van der Waals surface area contributed by atoms with Gasteiger partial charge >= 0.3 is 0 Å². The Bertz CT molecular complexity index is 1200. The summed E-state index contributed by atoms with van der Waals surface area (Å²) >= 11 is 0. The summed E-state index contributed by atoms with van der Waals surface area (Å²) in [5, 5.41) is 14.3. The van der Waals surface area contributed by atoms with Gasteiger partial charge in [0.2, 0.25) is 0 Å². The van der Waals surface area contributed by atoms with Crippen molar-refractivity contribution in [3.05, 3.63) is 89.5 Å². The number of fused-ring (bicyclic) bond motifs is 1. The number of hydrogen-bond acceptors (Lipinski definition) is 6. The molecule has 0 radical (unpaired) electrons. The van der Waals surface area contributed by atoms with E-state index in [1.807, 2.05) is 54.1 Å². The number of nitrogens with zero attached hydrogens (tertiary/aromatic N) is 4. The van der Waals surface area contributed by atoms with Crippen LogP contribution in [-0.4, -0.2) is 51.3 Å². The molecule has 3 aromatic rings. The molecule has 170 valence electrons. The summed E-state index contributed by atoms with van der Waals surface area (Å²) < 4.78 is 35.5. The van der Waals surface area contributed by atoms with E-state index in [9.17, 15) is 13.9 Å². The van der Waals surface area contributed by atoms with Crippen LogP contribution in [0.4, 0.5) is 8.78 Å². The van der Waals surface area contributed by atoms with Crippen molar-refractivity contribution in [2.24, 2.45) is 5.16 Å². The minimum Gasteiger partial charge on any atom is -0.390 e. The van der Waals surface area contributed by atoms with Crippen LogP contribution >= 0.6 is 0 Å². The van der Waals surface area contributed by atoms with Crippen LogP contribution in [0.15, 0.2) is 66.2 Å². The van der Waals surface area contributed by atoms with E-state index in [1.165, 1.54) is 0 Å². The molecule has 1 N–H and O–H groups in total. The molecule has 0 saturated carbocycles. The number of ether oxygens (including phenoxy) is 1. The Hall–Kier alpha value is -3.56. The van der Waals surface area contributed by atoms with E-state index in [2.05, 4.69) is 10.1 Å². The normalized spacial score (nSPS) is 22.4. The van der Waals surface area contributed by atoms with E-state index in [0.717, 1.165) is 35.1 Å². The highest BCUT2D eigenvalue weighted by Crippen LogP contribution is 2.38. The first-order valence-electron chi connectivity index (χ1n) is 10.5. The number of halogens is 2. The maximum absolute atomic E-state index is 13.9. The van der Waals surface area contributed by atoms with Gasteiger partial charge in [0.15, 0.2) is 5.84 Å². The van der Waals surface area contributed by atoms with Gasteiger partial charge in [0.05, 0.1) is 18.6 Å². The van der Waals surface area contributed by atoms with Gasteiger partial charge in [-0.2, -0.15) is 0 Å². The second-order valence-electron chi connectivity index (χ2n) is 7.96. The number of imidazole rings is 1. The first kappa shape index (κ1) is 21.3. The van der Waals surface area contributed by atoms with E-state index in [4.69, 9.17) is 9.57 Å². The summed E-state index contributed by atoms with van der Waals surface area (Å²) in [6.07, 6.45) is 6.92. The van der Waals surface area contributed by atoms with E-state index >= 15 is 0 Å². The minimum atomic E-state index is -1.50. The van der Waals surface area contributed by atoms with Gasteiger partial charge in [0.1, 0.15) is 24.3 Å². The average Bonchev–Trinajstić information content (AvgIpc) is 3.42. The Morgan fingerprint density at radius 3 is 2.61 bits per heavy atom. The van der Waals surface area contributed by atoms with E-state index in [-0.39, 0.29) is 5.56 Å². The van der Waals surface area contributed by atoms with Crippen molar-refractivity contribution in [3.8, 4) is 5.69 Å². The molecule has 0 bridgehead atoms. The summed E-state index contributed by atoms with van der Waals surface area (Å²) in [5.41, 5.74) is 1.54. The summed E-state index contributed by atoms with van der Waals surface area (Å²) in [6.45, 7) is 2.08. The third kappa shape index (κ3) is 3.90. The van der Waals surface area contributed by atoms with Crippen LogP contribution in [0.1, 0.15) is 16.8 Å². The highest BCUT2D eigenvalue weighted by Gasteiger charge is 2.51. The number of morpholine rings is 1. The van der Waals surface area contributed by atoms with Crippen molar-refractivity contribution < 1.29 is 23.5 Å². The van der Waals surface area contributed by atoms with Gasteiger partial charge in [0.25, 0.3) is 5.72 Å². The van der Waals surface area contributed by atoms with Crippen LogP contribution < -0.4 is 0 Å². The zero-order valence-corrected chi connectivity index (χ0v) is 17.9. The molecule has 0 aliphatic carbocycles. The number of hydrogen-bond donors (Lipinski definition) is 1. The summed E-state index contributed by atoms with van der Waals surface area (Å²) in [4.78, 5) is 11.5. The van der Waals surface area contributed by atoms with Crippen LogP contribution in [0.3, 0.4) is 0 Å². The topological polar surface area (TPSA) is 72.1 Å². The molecule has 5 rings (SSSR count). The Labute approximate surface area is 189 Å². The molecule has 2 unspecified atom stereocenters. The molecule has 7 nitrogen and oxygen atoms in total. The summed E-state index contributed by atoms with van der Waals surface area (Å²) in [5.74, 6) is -1.08. The minimum absolute atomic E-state index is 0.149. The van der Waals surface area contributed by atoms with Crippen LogP contribution in [-0.2, 0) is 15.3 Å². The fraction of sp³-hybridized carbons (Fsp3) is 0.250. The number of rotatable bonds is 5. The molecule has 1 fully saturated rings. The average molecular weight is 452 g/mol. The quantitative estimate of drug-likeness (QED) is 0.643. The standard InChI is InChI=1S/C24H22F2N4O3/c1-16-13-29(15-27-16)21-5-2-17(3-6-21)4-7-22-23-28-33-24(14-31,30(23)8-9-32-22)18-10-19(25)12-20(26)11-18/h2-7,10-13,15,22,31H,8-9,14H2,1H3. The molecular weight excluding hydrogens is 430 g/mol. The number of aryl methyl sites for hydroxylation is 1. The van der Waals surface area contributed by atoms with Gasteiger partial charge in [-0.05, 0) is 42.8 Å². The van der Waals surface area contributed by atoms with Gasteiger partial charge < -0.3 is 24.1 Å². The van der Waals surface area contributed by atoms with Gasteiger partial charge in [-0.15, -0.1) is 0 Å². The zero-order valence-electron chi connectivity index (χ0n) is 17.9. The van der Waals surface area contributed by atoms with Gasteiger partial charge in [0, 0.05) is 30.1 Å². The fourth-order valence-corrected chi connectivity index (χ4v) is 4.11. The number of aliphatic hydroxyl groups is 1. The number of oxime groups is 1. The van der Waals surface area contributed by atoms with Gasteiger partial charge in [-0.25, -0.2) is 13.8 Å². The first-order chi connectivity index (χ1) is 16.0. The smallest absolute Gasteiger partial charge is 0.260 e. The zero-order chi connectivity index (χ0) is 23.0. The lowest BCUT2D eigenvalue weighted by Crippen LogP contribution is -2.55. The third-order valence-corrected chi connectivity index (χ3v) is 5.76. The SMILES string of the molecule is Cc1cn(-c2ccc(C=CC3OCCN4C3=NOC4(CO)c3cc(F)cc(F)c3)cc2)cn1. The third-order valence-electron chi connectivity index (χ3n) is 5.76. The largest absolute Gasteiger partial charge is 0.390 e. The van der Waals surface area contributed by atoms with E-state index < -0.39 is 30.1 Å². The van der Waals surface area contributed by atoms with Gasteiger partial charge in [-0.3, -0.25) is 0 Å². The Kier molecular flexibility index (Phi) is 5.43. The predicted molar refractivity (Wildman–Crippen MR) is 117 cm³/mol. The van der Waals surface area contributed by atoms with E-state index in [0.29, 0.717) is 19.0 Å². The lowest BCUT2D eigenvalue weighted by molar-refractivity contribution is -0.145. The Morgan fingerprint density at radius 1 is 1.18 bits per heavy atom. The Balaban J connectivity index is 1.36. The van der Waals surface area contributed by atoms with Crippen LogP contribution in [0, 0.1) is 18.6 Å². The monoisotopic (exact) mass is 452 g/mol. The molecule has 9 heteroatoms. The number of aliphatic hydroxyl groups excluding tert-OH is 1. The highest BCUT2D eigenvalue weighted by molar-refractivity contribution is 5.91. The lowest BCUT2D eigenvalue weighted by Gasteiger charge is -2.39. The first-order valence-corrected chi connectivity index (χ1v) is 10.5. The van der Waals surface area contributed by atoms with Gasteiger partial charge in [-0.1, -0.05) is 23.4 Å². The number of amidine groups is 1. The maximum Gasteiger partial charge on any atom is 0.260 e. The van der Waals surface area contributed by atoms with Crippen molar-refractivity contribution in [2.45, 2.75) is 18.8 Å². The van der Waals surface area contributed by atoms with E-state index in [1.54, 1.807) is 11.2 Å². The molecule has 2 atom stereocenters. The summed E-state index contributed by atoms with van der Waals surface area (Å²) in [6, 6.07) is 11.0. The molecule has 2 aliphatic rings. The van der Waals surface area contributed by atoms with Crippen LogP contribution in [0.2, 0.25) is 0 Å². The molecule has 2 aliphatic heterocycles. The van der Waals surface area contributed by atoms with Crippen molar-refractivity contribution in [1.29, 1.82) is 0 Å². The molecule has 0 amide bonds. The highest BCUT2D eigenvalue weighted by atomic mass is 19.1. The van der Waals surface area contributed by atoms with Crippen LogP contribution in [0.5, 0.6) is 0 Å². The van der Waals surface area contributed by atoms with Crippen molar-refractivity contribution in [3.63, 3.8) is 0 Å². The van der Waals surface area contributed by atoms with Crippen molar-refractivity contribution in [1.82, 2.24) is 14.5 Å².